The highest BCUT2D eigenvalue weighted by Crippen LogP contribution is 2.37. The molecule has 2 rings (SSSR count). The third-order valence-electron chi connectivity index (χ3n) is 5.04. The number of phosphoric ester groups is 1. The first kappa shape index (κ1) is 30.0. The van der Waals surface area contributed by atoms with Gasteiger partial charge in [-0.15, -0.1) is 0 Å². The van der Waals surface area contributed by atoms with Crippen molar-refractivity contribution < 1.29 is 28.3 Å². The summed E-state index contributed by atoms with van der Waals surface area (Å²) in [4.78, 5) is 26.1. The Hall–Kier alpha value is -2.03. The van der Waals surface area contributed by atoms with E-state index in [9.17, 15) is 4.57 Å². The Morgan fingerprint density at radius 2 is 1.65 bits per heavy atom. The maximum Gasteiger partial charge on any atom is 0.469 e. The summed E-state index contributed by atoms with van der Waals surface area (Å²) >= 11 is 0. The number of ether oxygens (including phenoxy) is 2. The smallest absolute Gasteiger partial charge is 0.469 e. The van der Waals surface area contributed by atoms with Crippen molar-refractivity contribution in [1.29, 1.82) is 0 Å². The van der Waals surface area contributed by atoms with E-state index in [4.69, 9.17) is 19.3 Å². The zero-order valence-electron chi connectivity index (χ0n) is 20.4. The van der Waals surface area contributed by atoms with Crippen LogP contribution in [0.15, 0.2) is 36.5 Å². The number of hydrogen-bond acceptors (Lipinski definition) is 7. The van der Waals surface area contributed by atoms with Crippen molar-refractivity contribution in [3.63, 3.8) is 0 Å². The van der Waals surface area contributed by atoms with Gasteiger partial charge in [0.2, 0.25) is 0 Å². The van der Waals surface area contributed by atoms with Crippen LogP contribution in [0, 0.1) is 0 Å². The molecule has 34 heavy (non-hydrogen) atoms. The fourth-order valence-corrected chi connectivity index (χ4v) is 3.91. The second-order valence-electron chi connectivity index (χ2n) is 8.15. The fraction of sp³-hybridized carbons (Fsp3) is 0.583. The Bertz CT molecular complexity index is 864. The number of benzene rings is 1. The van der Waals surface area contributed by atoms with Crippen molar-refractivity contribution in [3.05, 3.63) is 36.5 Å². The molecule has 1 heterocycles. The summed E-state index contributed by atoms with van der Waals surface area (Å²) in [6.45, 7) is 4.34. The van der Waals surface area contributed by atoms with Crippen LogP contribution in [0.2, 0.25) is 0 Å². The van der Waals surface area contributed by atoms with E-state index >= 15 is 0 Å². The van der Waals surface area contributed by atoms with Gasteiger partial charge in [0.25, 0.3) is 0 Å². The first-order valence-corrected chi connectivity index (χ1v) is 13.3. The number of nitrogens with zero attached hydrogens (tertiary/aromatic N) is 2. The van der Waals surface area contributed by atoms with Crippen molar-refractivity contribution in [3.8, 4) is 23.0 Å². The molecule has 0 saturated carbocycles. The Morgan fingerprint density at radius 1 is 0.971 bits per heavy atom. The first-order chi connectivity index (χ1) is 15.9. The summed E-state index contributed by atoms with van der Waals surface area (Å²) < 4.78 is 26.8. The average Bonchev–Trinajstić information content (AvgIpc) is 2.78. The molecule has 1 aromatic carbocycles. The molecule has 1 atom stereocenters. The van der Waals surface area contributed by atoms with E-state index in [1.54, 1.807) is 12.3 Å². The molecule has 0 radical (unpaired) electrons. The van der Waals surface area contributed by atoms with E-state index in [2.05, 4.69) is 21.4 Å². The van der Waals surface area contributed by atoms with E-state index in [1.807, 2.05) is 24.3 Å². The first-order valence-electron chi connectivity index (χ1n) is 11.8. The van der Waals surface area contributed by atoms with Crippen LogP contribution in [0.5, 0.6) is 11.8 Å². The van der Waals surface area contributed by atoms with Gasteiger partial charge in [-0.2, -0.15) is 4.98 Å². The predicted octanol–water partition coefficient (Wildman–Crippen LogP) is 6.09. The Balaban J connectivity index is 0.00000578. The van der Waals surface area contributed by atoms with Crippen LogP contribution in [0.4, 0.5) is 0 Å². The second-order valence-corrected chi connectivity index (χ2v) is 9.34. The van der Waals surface area contributed by atoms with Crippen LogP contribution >= 0.6 is 7.82 Å². The average molecular weight is 498 g/mol. The molecular weight excluding hydrogens is 457 g/mol. The molecule has 0 aliphatic heterocycles. The van der Waals surface area contributed by atoms with Gasteiger partial charge in [0.05, 0.1) is 12.3 Å². The highest BCUT2D eigenvalue weighted by atomic mass is 31.2. The molecule has 0 aliphatic rings. The highest BCUT2D eigenvalue weighted by molar-refractivity contribution is 7.46. The maximum atomic E-state index is 10.9. The molecular formula is C24H40N3O6P. The molecule has 0 fully saturated rings. The van der Waals surface area contributed by atoms with Crippen molar-refractivity contribution in [2.45, 2.75) is 77.7 Å². The Labute approximate surface area is 203 Å². The second kappa shape index (κ2) is 16.6. The lowest BCUT2D eigenvalue weighted by Crippen LogP contribution is -2.17. The predicted molar refractivity (Wildman–Crippen MR) is 133 cm³/mol. The largest absolute Gasteiger partial charge is 0.494 e. The van der Waals surface area contributed by atoms with Crippen molar-refractivity contribution in [2.24, 2.45) is 0 Å². The van der Waals surface area contributed by atoms with E-state index in [-0.39, 0.29) is 18.8 Å². The van der Waals surface area contributed by atoms with Gasteiger partial charge >= 0.3 is 13.8 Å². The van der Waals surface area contributed by atoms with Gasteiger partial charge in [0, 0.05) is 11.8 Å². The summed E-state index contributed by atoms with van der Waals surface area (Å²) in [6.07, 6.45) is 12.3. The molecule has 5 N–H and O–H groups in total. The van der Waals surface area contributed by atoms with Gasteiger partial charge in [-0.3, -0.25) is 4.52 Å². The van der Waals surface area contributed by atoms with Gasteiger partial charge in [-0.05, 0) is 31.5 Å². The number of unbranched alkanes of at least 4 members (excludes halogenated alkanes) is 8. The van der Waals surface area contributed by atoms with Crippen molar-refractivity contribution in [2.75, 3.05) is 13.2 Å². The summed E-state index contributed by atoms with van der Waals surface area (Å²) in [5, 5.41) is 0. The fourth-order valence-electron chi connectivity index (χ4n) is 3.38. The van der Waals surface area contributed by atoms with Gasteiger partial charge in [-0.25, -0.2) is 9.55 Å². The standard InChI is InChI=1S/C24H37N2O6P.H3N/c1-3-4-5-6-7-8-9-10-11-17-30-22-14-12-13-21(18-22)23-15-16-25-24(26-23)31-19-20(2)32-33(27,28)29;/h12-16,18,20H,3-11,17,19H2,1-2H3,(H2,27,28,29);1H3. The summed E-state index contributed by atoms with van der Waals surface area (Å²) in [6, 6.07) is 9.57. The number of rotatable bonds is 17. The Morgan fingerprint density at radius 3 is 2.32 bits per heavy atom. The van der Waals surface area contributed by atoms with Gasteiger partial charge in [-0.1, -0.05) is 70.4 Å². The zero-order chi connectivity index (χ0) is 23.9. The van der Waals surface area contributed by atoms with E-state index in [0.717, 1.165) is 17.7 Å². The topological polar surface area (TPSA) is 146 Å². The van der Waals surface area contributed by atoms with Crippen LogP contribution in [0.1, 0.15) is 71.6 Å². The van der Waals surface area contributed by atoms with E-state index in [0.29, 0.717) is 12.3 Å². The van der Waals surface area contributed by atoms with Crippen LogP contribution < -0.4 is 15.6 Å². The molecule has 9 nitrogen and oxygen atoms in total. The van der Waals surface area contributed by atoms with E-state index < -0.39 is 13.9 Å². The quantitative estimate of drug-likeness (QED) is 0.174. The summed E-state index contributed by atoms with van der Waals surface area (Å²) in [5.74, 6) is 0.789. The normalized spacial score (nSPS) is 12.1. The molecule has 0 saturated heterocycles. The minimum absolute atomic E-state index is 0. The van der Waals surface area contributed by atoms with Crippen LogP contribution in [-0.2, 0) is 9.09 Å². The lowest BCUT2D eigenvalue weighted by molar-refractivity contribution is 0.0973. The minimum Gasteiger partial charge on any atom is -0.494 e. The maximum absolute atomic E-state index is 10.9. The van der Waals surface area contributed by atoms with Crippen LogP contribution in [0.25, 0.3) is 11.3 Å². The monoisotopic (exact) mass is 497 g/mol. The van der Waals surface area contributed by atoms with E-state index in [1.165, 1.54) is 58.3 Å². The third kappa shape index (κ3) is 13.0. The van der Waals surface area contributed by atoms with Crippen LogP contribution in [0.3, 0.4) is 0 Å². The Kier molecular flexibility index (Phi) is 14.6. The van der Waals surface area contributed by atoms with Crippen molar-refractivity contribution >= 4 is 7.82 Å². The molecule has 1 aromatic heterocycles. The number of aromatic nitrogens is 2. The zero-order valence-corrected chi connectivity index (χ0v) is 21.3. The molecule has 0 aliphatic carbocycles. The van der Waals surface area contributed by atoms with Gasteiger partial charge in [0.15, 0.2) is 0 Å². The van der Waals surface area contributed by atoms with Gasteiger partial charge < -0.3 is 25.4 Å². The lowest BCUT2D eigenvalue weighted by atomic mass is 10.1. The van der Waals surface area contributed by atoms with Crippen LogP contribution in [-0.4, -0.2) is 39.1 Å². The van der Waals surface area contributed by atoms with Gasteiger partial charge in [0.1, 0.15) is 18.5 Å². The summed E-state index contributed by atoms with van der Waals surface area (Å²) in [5.41, 5.74) is 1.53. The molecule has 2 aromatic rings. The van der Waals surface area contributed by atoms with Crippen molar-refractivity contribution in [1.82, 2.24) is 16.1 Å². The minimum atomic E-state index is -4.56. The number of phosphoric acid groups is 1. The molecule has 0 bridgehead atoms. The molecule has 1 unspecified atom stereocenters. The molecule has 0 spiro atoms. The summed E-state index contributed by atoms with van der Waals surface area (Å²) in [7, 11) is -4.56. The third-order valence-corrected chi connectivity index (χ3v) is 5.68. The highest BCUT2D eigenvalue weighted by Gasteiger charge is 2.19. The lowest BCUT2D eigenvalue weighted by Gasteiger charge is -2.14. The SMILES string of the molecule is CCCCCCCCCCCOc1cccc(-c2ccnc(OCC(C)OP(=O)(O)O)n2)c1.N. The molecule has 192 valence electrons. The molecule has 0 amide bonds. The molecule has 10 heteroatoms. The number of hydrogen-bond donors (Lipinski definition) is 3.